The molecule has 0 bridgehead atoms. The zero-order chi connectivity index (χ0) is 13.2. The number of hydrogen-bond acceptors (Lipinski definition) is 2. The van der Waals surface area contributed by atoms with Crippen LogP contribution in [0.5, 0.6) is 0 Å². The maximum Gasteiger partial charge on any atom is 0.0991 e. The maximum atomic E-state index is 8.91. The average molecular weight is 242 g/mol. The lowest BCUT2D eigenvalue weighted by atomic mass is 9.80. The van der Waals surface area contributed by atoms with Crippen molar-refractivity contribution in [1.29, 1.82) is 5.26 Å². The van der Waals surface area contributed by atoms with E-state index in [0.717, 1.165) is 18.0 Å². The van der Waals surface area contributed by atoms with Gasteiger partial charge in [0.05, 0.1) is 11.6 Å². The first-order valence-electron chi connectivity index (χ1n) is 6.70. The molecule has 1 aromatic carbocycles. The fraction of sp³-hybridized carbons (Fsp3) is 0.562. The van der Waals surface area contributed by atoms with E-state index in [4.69, 9.17) is 5.26 Å². The Morgan fingerprint density at radius 3 is 2.78 bits per heavy atom. The first-order chi connectivity index (χ1) is 8.49. The van der Waals surface area contributed by atoms with Crippen molar-refractivity contribution in [2.24, 2.45) is 11.3 Å². The number of likely N-dealkylation sites (tertiary alicyclic amines) is 1. The molecule has 1 unspecified atom stereocenters. The second kappa shape index (κ2) is 5.12. The van der Waals surface area contributed by atoms with Crippen LogP contribution in [-0.4, -0.2) is 18.0 Å². The van der Waals surface area contributed by atoms with Gasteiger partial charge in [-0.3, -0.25) is 4.90 Å². The van der Waals surface area contributed by atoms with E-state index >= 15 is 0 Å². The number of benzene rings is 1. The summed E-state index contributed by atoms with van der Waals surface area (Å²) in [5.74, 6) is 0.789. The Bertz CT molecular complexity index is 451. The molecule has 1 aliphatic heterocycles. The predicted octanol–water partition coefficient (Wildman–Crippen LogP) is 3.43. The van der Waals surface area contributed by atoms with E-state index in [0.29, 0.717) is 5.41 Å². The molecule has 0 radical (unpaired) electrons. The van der Waals surface area contributed by atoms with Crippen molar-refractivity contribution in [2.45, 2.75) is 33.7 Å². The molecule has 0 spiro atoms. The highest BCUT2D eigenvalue weighted by Crippen LogP contribution is 2.34. The third kappa shape index (κ3) is 3.11. The fourth-order valence-electron chi connectivity index (χ4n) is 2.68. The average Bonchev–Trinajstić information content (AvgIpc) is 2.77. The summed E-state index contributed by atoms with van der Waals surface area (Å²) in [7, 11) is 0. The van der Waals surface area contributed by atoms with E-state index in [1.54, 1.807) is 0 Å². The van der Waals surface area contributed by atoms with Gasteiger partial charge in [0.15, 0.2) is 0 Å². The number of hydrogen-bond donors (Lipinski definition) is 0. The molecular formula is C16H22N2. The molecule has 2 rings (SSSR count). The minimum atomic E-state index is 0.406. The zero-order valence-electron chi connectivity index (χ0n) is 11.6. The second-order valence-electron chi connectivity index (χ2n) is 6.40. The van der Waals surface area contributed by atoms with Gasteiger partial charge in [-0.05, 0) is 42.0 Å². The van der Waals surface area contributed by atoms with Crippen LogP contribution in [-0.2, 0) is 6.54 Å². The quantitative estimate of drug-likeness (QED) is 0.794. The third-order valence-corrected chi connectivity index (χ3v) is 3.96. The molecule has 1 atom stereocenters. The van der Waals surface area contributed by atoms with E-state index in [9.17, 15) is 0 Å². The van der Waals surface area contributed by atoms with Crippen molar-refractivity contribution in [1.82, 2.24) is 4.90 Å². The second-order valence-corrected chi connectivity index (χ2v) is 6.40. The zero-order valence-corrected chi connectivity index (χ0v) is 11.6. The molecule has 0 amide bonds. The van der Waals surface area contributed by atoms with Gasteiger partial charge in [0.1, 0.15) is 0 Å². The van der Waals surface area contributed by atoms with Crippen LogP contribution < -0.4 is 0 Å². The van der Waals surface area contributed by atoms with Gasteiger partial charge in [-0.2, -0.15) is 5.26 Å². The summed E-state index contributed by atoms with van der Waals surface area (Å²) >= 11 is 0. The Hall–Kier alpha value is -1.33. The van der Waals surface area contributed by atoms with Crippen LogP contribution in [0.4, 0.5) is 0 Å². The minimum Gasteiger partial charge on any atom is -0.299 e. The summed E-state index contributed by atoms with van der Waals surface area (Å²) in [5.41, 5.74) is 2.42. The Balaban J connectivity index is 1.97. The lowest BCUT2D eigenvalue weighted by Crippen LogP contribution is -2.25. The van der Waals surface area contributed by atoms with E-state index in [1.165, 1.54) is 25.1 Å². The molecule has 1 aliphatic rings. The highest BCUT2D eigenvalue weighted by atomic mass is 15.1. The van der Waals surface area contributed by atoms with Gasteiger partial charge in [-0.1, -0.05) is 32.9 Å². The Morgan fingerprint density at radius 2 is 2.17 bits per heavy atom. The van der Waals surface area contributed by atoms with Crippen LogP contribution in [0.1, 0.15) is 38.3 Å². The van der Waals surface area contributed by atoms with Crippen molar-refractivity contribution in [3.8, 4) is 6.07 Å². The van der Waals surface area contributed by atoms with Crippen LogP contribution in [0.25, 0.3) is 0 Å². The van der Waals surface area contributed by atoms with Crippen LogP contribution in [0.2, 0.25) is 0 Å². The lowest BCUT2D eigenvalue weighted by molar-refractivity contribution is 0.226. The molecule has 1 fully saturated rings. The molecule has 0 aliphatic carbocycles. The Kier molecular flexibility index (Phi) is 3.73. The molecule has 1 heterocycles. The van der Waals surface area contributed by atoms with Crippen molar-refractivity contribution in [3.05, 3.63) is 35.4 Å². The normalized spacial score (nSPS) is 20.9. The summed E-state index contributed by atoms with van der Waals surface area (Å²) in [6.07, 6.45) is 1.29. The van der Waals surface area contributed by atoms with Crippen molar-refractivity contribution >= 4 is 0 Å². The van der Waals surface area contributed by atoms with Crippen LogP contribution in [0.3, 0.4) is 0 Å². The smallest absolute Gasteiger partial charge is 0.0991 e. The van der Waals surface area contributed by atoms with Gasteiger partial charge in [-0.25, -0.2) is 0 Å². The summed E-state index contributed by atoms with van der Waals surface area (Å²) in [6, 6.07) is 10.2. The predicted molar refractivity (Wildman–Crippen MR) is 74.0 cm³/mol. The van der Waals surface area contributed by atoms with Crippen molar-refractivity contribution in [3.63, 3.8) is 0 Å². The SMILES string of the molecule is CC(C)(C)C1CCN(Cc2cccc(C#N)c2)C1. The monoisotopic (exact) mass is 242 g/mol. The summed E-state index contributed by atoms with van der Waals surface area (Å²) in [6.45, 7) is 10.3. The summed E-state index contributed by atoms with van der Waals surface area (Å²) < 4.78 is 0. The number of nitriles is 1. The van der Waals surface area contributed by atoms with Gasteiger partial charge in [-0.15, -0.1) is 0 Å². The number of rotatable bonds is 2. The van der Waals surface area contributed by atoms with Crippen LogP contribution >= 0.6 is 0 Å². The van der Waals surface area contributed by atoms with Gasteiger partial charge in [0.25, 0.3) is 0 Å². The third-order valence-electron chi connectivity index (χ3n) is 3.96. The van der Waals surface area contributed by atoms with E-state index in [1.807, 2.05) is 18.2 Å². The molecule has 0 aromatic heterocycles. The standard InChI is InChI=1S/C16H22N2/c1-16(2,3)15-7-8-18(12-15)11-14-6-4-5-13(9-14)10-17/h4-6,9,15H,7-8,11-12H2,1-3H3. The van der Waals surface area contributed by atoms with E-state index in [-0.39, 0.29) is 0 Å². The van der Waals surface area contributed by atoms with Crippen molar-refractivity contribution in [2.75, 3.05) is 13.1 Å². The highest BCUT2D eigenvalue weighted by Gasteiger charge is 2.31. The molecule has 0 N–H and O–H groups in total. The molecule has 1 saturated heterocycles. The molecule has 2 nitrogen and oxygen atoms in total. The Morgan fingerprint density at radius 1 is 1.39 bits per heavy atom. The first-order valence-corrected chi connectivity index (χ1v) is 6.70. The molecule has 0 saturated carbocycles. The van der Waals surface area contributed by atoms with Gasteiger partial charge >= 0.3 is 0 Å². The maximum absolute atomic E-state index is 8.91. The number of nitrogens with zero attached hydrogens (tertiary/aromatic N) is 2. The fourth-order valence-corrected chi connectivity index (χ4v) is 2.68. The van der Waals surface area contributed by atoms with Gasteiger partial charge < -0.3 is 0 Å². The topological polar surface area (TPSA) is 27.0 Å². The van der Waals surface area contributed by atoms with Crippen LogP contribution in [0.15, 0.2) is 24.3 Å². The Labute approximate surface area is 110 Å². The minimum absolute atomic E-state index is 0.406. The summed E-state index contributed by atoms with van der Waals surface area (Å²) in [5, 5.41) is 8.91. The molecule has 18 heavy (non-hydrogen) atoms. The molecular weight excluding hydrogens is 220 g/mol. The highest BCUT2D eigenvalue weighted by molar-refractivity contribution is 5.32. The van der Waals surface area contributed by atoms with E-state index < -0.39 is 0 Å². The van der Waals surface area contributed by atoms with Gasteiger partial charge in [0, 0.05) is 13.1 Å². The van der Waals surface area contributed by atoms with E-state index in [2.05, 4.69) is 37.8 Å². The molecule has 2 heteroatoms. The largest absolute Gasteiger partial charge is 0.299 e. The molecule has 96 valence electrons. The summed E-state index contributed by atoms with van der Waals surface area (Å²) in [4.78, 5) is 2.51. The first kappa shape index (κ1) is 13.1. The lowest BCUT2D eigenvalue weighted by Gasteiger charge is -2.27. The van der Waals surface area contributed by atoms with Gasteiger partial charge in [0.2, 0.25) is 0 Å². The molecule has 1 aromatic rings. The van der Waals surface area contributed by atoms with Crippen LogP contribution in [0, 0.1) is 22.7 Å². The van der Waals surface area contributed by atoms with Crippen molar-refractivity contribution < 1.29 is 0 Å².